The molecule has 0 aromatic heterocycles. The van der Waals surface area contributed by atoms with Crippen molar-refractivity contribution in [3.63, 3.8) is 0 Å². The van der Waals surface area contributed by atoms with Crippen molar-refractivity contribution in [2.24, 2.45) is 0 Å². The van der Waals surface area contributed by atoms with E-state index in [1.54, 1.807) is 0 Å². The van der Waals surface area contributed by atoms with Crippen LogP contribution in [-0.4, -0.2) is 6.54 Å². The fourth-order valence-corrected chi connectivity index (χ4v) is 2.90. The van der Waals surface area contributed by atoms with Gasteiger partial charge in [0.2, 0.25) is 0 Å². The number of halogens is 3. The number of likely N-dealkylation sites (N-methyl/N-ethyl adjacent to an activating group) is 1. The SMILES string of the molecule is CCNC(Cc1ccc(F)cc1Br)c1cccc(Cl)c1. The summed E-state index contributed by atoms with van der Waals surface area (Å²) in [4.78, 5) is 0. The highest BCUT2D eigenvalue weighted by atomic mass is 79.9. The minimum absolute atomic E-state index is 0.153. The number of nitrogens with one attached hydrogen (secondary N) is 1. The summed E-state index contributed by atoms with van der Waals surface area (Å²) in [5.41, 5.74) is 2.20. The molecule has 20 heavy (non-hydrogen) atoms. The van der Waals surface area contributed by atoms with Crippen LogP contribution in [0.5, 0.6) is 0 Å². The van der Waals surface area contributed by atoms with Crippen LogP contribution in [0.25, 0.3) is 0 Å². The molecule has 0 saturated heterocycles. The van der Waals surface area contributed by atoms with Gasteiger partial charge in [-0.15, -0.1) is 0 Å². The van der Waals surface area contributed by atoms with E-state index in [9.17, 15) is 4.39 Å². The van der Waals surface area contributed by atoms with E-state index in [0.29, 0.717) is 0 Å². The lowest BCUT2D eigenvalue weighted by atomic mass is 9.99. The summed E-state index contributed by atoms with van der Waals surface area (Å²) in [7, 11) is 0. The van der Waals surface area contributed by atoms with E-state index in [2.05, 4.69) is 34.2 Å². The highest BCUT2D eigenvalue weighted by Gasteiger charge is 2.13. The lowest BCUT2D eigenvalue weighted by Crippen LogP contribution is -2.23. The average molecular weight is 357 g/mol. The lowest BCUT2D eigenvalue weighted by Gasteiger charge is -2.19. The molecule has 0 amide bonds. The Hall–Kier alpha value is -0.900. The zero-order valence-corrected chi connectivity index (χ0v) is 13.5. The predicted molar refractivity (Wildman–Crippen MR) is 85.7 cm³/mol. The van der Waals surface area contributed by atoms with Gasteiger partial charge in [-0.05, 0) is 48.4 Å². The van der Waals surface area contributed by atoms with Crippen LogP contribution < -0.4 is 5.32 Å². The van der Waals surface area contributed by atoms with E-state index in [0.717, 1.165) is 33.6 Å². The summed E-state index contributed by atoms with van der Waals surface area (Å²) in [5, 5.41) is 4.17. The second-order valence-electron chi connectivity index (χ2n) is 4.61. The molecule has 0 bridgehead atoms. The minimum Gasteiger partial charge on any atom is -0.310 e. The van der Waals surface area contributed by atoms with Crippen molar-refractivity contribution in [3.8, 4) is 0 Å². The van der Waals surface area contributed by atoms with Crippen LogP contribution in [-0.2, 0) is 6.42 Å². The first-order chi connectivity index (χ1) is 9.60. The summed E-state index contributed by atoms with van der Waals surface area (Å²) < 4.78 is 13.9. The van der Waals surface area contributed by atoms with E-state index in [4.69, 9.17) is 11.6 Å². The monoisotopic (exact) mass is 355 g/mol. The molecule has 106 valence electrons. The van der Waals surface area contributed by atoms with Crippen LogP contribution in [0.1, 0.15) is 24.1 Å². The molecule has 0 heterocycles. The van der Waals surface area contributed by atoms with Crippen LogP contribution >= 0.6 is 27.5 Å². The Morgan fingerprint density at radius 1 is 1.25 bits per heavy atom. The van der Waals surface area contributed by atoms with E-state index in [-0.39, 0.29) is 11.9 Å². The highest BCUT2D eigenvalue weighted by Crippen LogP contribution is 2.26. The zero-order valence-electron chi connectivity index (χ0n) is 11.2. The van der Waals surface area contributed by atoms with Gasteiger partial charge >= 0.3 is 0 Å². The third-order valence-corrected chi connectivity index (χ3v) is 4.11. The molecule has 0 aliphatic carbocycles. The molecule has 1 nitrogen and oxygen atoms in total. The quantitative estimate of drug-likeness (QED) is 0.782. The zero-order chi connectivity index (χ0) is 14.5. The highest BCUT2D eigenvalue weighted by molar-refractivity contribution is 9.10. The van der Waals surface area contributed by atoms with Gasteiger partial charge in [-0.25, -0.2) is 4.39 Å². The van der Waals surface area contributed by atoms with Crippen LogP contribution in [0, 0.1) is 5.82 Å². The number of rotatable bonds is 5. The smallest absolute Gasteiger partial charge is 0.124 e. The molecule has 4 heteroatoms. The Bertz CT molecular complexity index is 588. The van der Waals surface area contributed by atoms with Gasteiger partial charge in [0, 0.05) is 15.5 Å². The van der Waals surface area contributed by atoms with Gasteiger partial charge in [0.05, 0.1) is 0 Å². The van der Waals surface area contributed by atoms with Gasteiger partial charge < -0.3 is 5.32 Å². The van der Waals surface area contributed by atoms with Crippen molar-refractivity contribution in [1.82, 2.24) is 5.32 Å². The minimum atomic E-state index is -0.233. The van der Waals surface area contributed by atoms with Gasteiger partial charge in [0.1, 0.15) is 5.82 Å². The lowest BCUT2D eigenvalue weighted by molar-refractivity contribution is 0.548. The van der Waals surface area contributed by atoms with Crippen LogP contribution in [0.3, 0.4) is 0 Å². The summed E-state index contributed by atoms with van der Waals surface area (Å²) in [6, 6.07) is 12.8. The molecule has 0 radical (unpaired) electrons. The molecule has 0 spiro atoms. The second-order valence-corrected chi connectivity index (χ2v) is 5.90. The van der Waals surface area contributed by atoms with Gasteiger partial charge in [0.25, 0.3) is 0 Å². The molecule has 2 aromatic rings. The summed E-state index contributed by atoms with van der Waals surface area (Å²) in [5.74, 6) is -0.233. The Morgan fingerprint density at radius 2 is 2.05 bits per heavy atom. The molecule has 0 aliphatic rings. The van der Waals surface area contributed by atoms with Crippen molar-refractivity contribution in [3.05, 3.63) is 68.9 Å². The molecule has 1 N–H and O–H groups in total. The van der Waals surface area contributed by atoms with Gasteiger partial charge in [-0.1, -0.05) is 52.7 Å². The van der Waals surface area contributed by atoms with Crippen LogP contribution in [0.4, 0.5) is 4.39 Å². The van der Waals surface area contributed by atoms with Crippen LogP contribution in [0.2, 0.25) is 5.02 Å². The molecular formula is C16H16BrClFN. The van der Waals surface area contributed by atoms with Crippen molar-refractivity contribution >= 4 is 27.5 Å². The fraction of sp³-hybridized carbons (Fsp3) is 0.250. The second kappa shape index (κ2) is 7.21. The summed E-state index contributed by atoms with van der Waals surface area (Å²) >= 11 is 9.48. The molecule has 2 rings (SSSR count). The summed E-state index contributed by atoms with van der Waals surface area (Å²) in [6.45, 7) is 2.92. The average Bonchev–Trinajstić information content (AvgIpc) is 2.41. The first kappa shape index (κ1) is 15.5. The van der Waals surface area contributed by atoms with Gasteiger partial charge in [-0.2, -0.15) is 0 Å². The largest absolute Gasteiger partial charge is 0.310 e. The van der Waals surface area contributed by atoms with E-state index >= 15 is 0 Å². The van der Waals surface area contributed by atoms with Gasteiger partial charge in [0.15, 0.2) is 0 Å². The third kappa shape index (κ3) is 4.05. The molecule has 1 atom stereocenters. The Balaban J connectivity index is 2.25. The Labute approximate surface area is 132 Å². The molecule has 0 saturated carbocycles. The standard InChI is InChI=1S/C16H16BrClFN/c1-2-20-16(12-4-3-5-13(18)8-12)9-11-6-7-14(19)10-15(11)17/h3-8,10,16,20H,2,9H2,1H3. The molecule has 1 unspecified atom stereocenters. The third-order valence-electron chi connectivity index (χ3n) is 3.14. The van der Waals surface area contributed by atoms with Crippen molar-refractivity contribution < 1.29 is 4.39 Å². The maximum atomic E-state index is 13.1. The number of benzene rings is 2. The topological polar surface area (TPSA) is 12.0 Å². The van der Waals surface area contributed by atoms with Gasteiger partial charge in [-0.3, -0.25) is 0 Å². The predicted octanol–water partition coefficient (Wildman–Crippen LogP) is 5.13. The maximum Gasteiger partial charge on any atom is 0.124 e. The van der Waals surface area contributed by atoms with E-state index in [1.165, 1.54) is 12.1 Å². The van der Waals surface area contributed by atoms with E-state index < -0.39 is 0 Å². The first-order valence-corrected chi connectivity index (χ1v) is 7.70. The van der Waals surface area contributed by atoms with Crippen molar-refractivity contribution in [1.29, 1.82) is 0 Å². The van der Waals surface area contributed by atoms with Crippen LogP contribution in [0.15, 0.2) is 46.9 Å². The number of hydrogen-bond donors (Lipinski definition) is 1. The van der Waals surface area contributed by atoms with E-state index in [1.807, 2.05) is 24.3 Å². The number of hydrogen-bond acceptors (Lipinski definition) is 1. The molecule has 2 aromatic carbocycles. The molecule has 0 fully saturated rings. The first-order valence-electron chi connectivity index (χ1n) is 6.53. The molecule has 0 aliphatic heterocycles. The van der Waals surface area contributed by atoms with Crippen molar-refractivity contribution in [2.75, 3.05) is 6.54 Å². The van der Waals surface area contributed by atoms with Crippen molar-refractivity contribution in [2.45, 2.75) is 19.4 Å². The normalized spacial score (nSPS) is 12.4. The Morgan fingerprint density at radius 3 is 2.70 bits per heavy atom. The maximum absolute atomic E-state index is 13.1. The molecular weight excluding hydrogens is 341 g/mol. The fourth-order valence-electron chi connectivity index (χ4n) is 2.18. The summed E-state index contributed by atoms with van der Waals surface area (Å²) in [6.07, 6.45) is 0.773. The Kier molecular flexibility index (Phi) is 5.58.